The summed E-state index contributed by atoms with van der Waals surface area (Å²) in [6.07, 6.45) is 35.1. The number of aliphatic hydroxyl groups is 4. The van der Waals surface area contributed by atoms with Crippen molar-refractivity contribution in [3.05, 3.63) is 60.8 Å². The highest BCUT2D eigenvalue weighted by Crippen LogP contribution is 2.22. The quantitative estimate of drug-likeness (QED) is 0.0284. The predicted octanol–water partition coefficient (Wildman–Crippen LogP) is 8.66. The van der Waals surface area contributed by atoms with Crippen LogP contribution < -0.4 is 0 Å². The second kappa shape index (κ2) is 35.8. The minimum atomic E-state index is -1.60. The minimum Gasteiger partial charge on any atom is -0.462 e. The standard InChI is InChI=1S/C45H76O10/c1-3-5-7-9-11-13-15-17-18-19-20-22-23-25-27-29-31-33-40(47)52-36-38(37-53-45-44(51)43(50)42(49)39(35-46)55-45)54-41(48)34-32-30-28-26-24-21-16-14-12-10-8-6-4-2/h6,8,11-14,17-18,21,24,38-39,42-46,49-51H,3-5,7,9-10,15-16,19-20,22-23,25-37H2,1-2H3/b8-6-,13-11-,14-12-,18-17-,24-21-. The van der Waals surface area contributed by atoms with Crippen LogP contribution in [0, 0.1) is 0 Å². The van der Waals surface area contributed by atoms with Crippen molar-refractivity contribution < 1.29 is 49.0 Å². The summed E-state index contributed by atoms with van der Waals surface area (Å²) in [4.78, 5) is 25.3. The van der Waals surface area contributed by atoms with Gasteiger partial charge in [0.05, 0.1) is 13.2 Å². The SMILES string of the molecule is CC/C=C\C/C=C\C/C=C\CCCCCC(=O)OC(COC(=O)CCCCCCCCC/C=C\C/C=C\CCCCC)COC1OC(CO)C(O)C(O)C1O. The van der Waals surface area contributed by atoms with Crippen LogP contribution in [-0.2, 0) is 28.5 Å². The lowest BCUT2D eigenvalue weighted by Crippen LogP contribution is -2.59. The third-order valence-corrected chi connectivity index (χ3v) is 9.39. The molecule has 10 heteroatoms. The minimum absolute atomic E-state index is 0.190. The molecule has 55 heavy (non-hydrogen) atoms. The smallest absolute Gasteiger partial charge is 0.306 e. The Morgan fingerprint density at radius 1 is 0.582 bits per heavy atom. The molecule has 0 amide bonds. The molecular weight excluding hydrogens is 700 g/mol. The van der Waals surface area contributed by atoms with Crippen LogP contribution in [-0.4, -0.2) is 89.0 Å². The molecule has 1 fully saturated rings. The highest BCUT2D eigenvalue weighted by molar-refractivity contribution is 5.70. The van der Waals surface area contributed by atoms with E-state index in [-0.39, 0.29) is 26.1 Å². The number of carbonyl (C=O) groups is 2. The number of ether oxygens (including phenoxy) is 4. The highest BCUT2D eigenvalue weighted by atomic mass is 16.7. The first kappa shape index (κ1) is 50.4. The lowest BCUT2D eigenvalue weighted by Gasteiger charge is -2.39. The Morgan fingerprint density at radius 2 is 1.07 bits per heavy atom. The van der Waals surface area contributed by atoms with E-state index < -0.39 is 55.4 Å². The van der Waals surface area contributed by atoms with E-state index in [0.29, 0.717) is 12.8 Å². The van der Waals surface area contributed by atoms with E-state index >= 15 is 0 Å². The van der Waals surface area contributed by atoms with Crippen LogP contribution in [0.25, 0.3) is 0 Å². The van der Waals surface area contributed by atoms with E-state index in [1.807, 2.05) is 0 Å². The molecule has 0 aromatic rings. The number of aliphatic hydroxyl groups excluding tert-OH is 4. The maximum Gasteiger partial charge on any atom is 0.306 e. The van der Waals surface area contributed by atoms with Gasteiger partial charge in [-0.1, -0.05) is 126 Å². The average molecular weight is 777 g/mol. The third kappa shape index (κ3) is 27.6. The summed E-state index contributed by atoms with van der Waals surface area (Å²) in [5.74, 6) is -0.856. The monoisotopic (exact) mass is 777 g/mol. The molecule has 1 heterocycles. The van der Waals surface area contributed by atoms with E-state index in [2.05, 4.69) is 74.6 Å². The highest BCUT2D eigenvalue weighted by Gasteiger charge is 2.44. The topological polar surface area (TPSA) is 152 Å². The maximum absolute atomic E-state index is 12.7. The summed E-state index contributed by atoms with van der Waals surface area (Å²) in [6.45, 7) is 3.22. The molecule has 1 saturated heterocycles. The Labute approximate surface area is 332 Å². The second-order valence-corrected chi connectivity index (χ2v) is 14.4. The van der Waals surface area contributed by atoms with Crippen molar-refractivity contribution in [3.63, 3.8) is 0 Å². The van der Waals surface area contributed by atoms with Crippen LogP contribution in [0.5, 0.6) is 0 Å². The molecular formula is C45H76O10. The van der Waals surface area contributed by atoms with Gasteiger partial charge >= 0.3 is 11.9 Å². The van der Waals surface area contributed by atoms with Gasteiger partial charge in [0.15, 0.2) is 12.4 Å². The molecule has 6 unspecified atom stereocenters. The number of esters is 2. The average Bonchev–Trinajstić information content (AvgIpc) is 3.18. The van der Waals surface area contributed by atoms with Crippen molar-refractivity contribution in [1.82, 2.24) is 0 Å². The molecule has 0 spiro atoms. The predicted molar refractivity (Wildman–Crippen MR) is 219 cm³/mol. The zero-order valence-electron chi connectivity index (χ0n) is 34.2. The van der Waals surface area contributed by atoms with E-state index in [4.69, 9.17) is 18.9 Å². The van der Waals surface area contributed by atoms with Gasteiger partial charge < -0.3 is 39.4 Å². The van der Waals surface area contributed by atoms with Gasteiger partial charge in [-0.25, -0.2) is 0 Å². The fourth-order valence-corrected chi connectivity index (χ4v) is 6.00. The van der Waals surface area contributed by atoms with Gasteiger partial charge in [0.25, 0.3) is 0 Å². The molecule has 0 aliphatic carbocycles. The van der Waals surface area contributed by atoms with Gasteiger partial charge in [0, 0.05) is 12.8 Å². The van der Waals surface area contributed by atoms with Gasteiger partial charge in [-0.05, 0) is 77.0 Å². The number of hydrogen-bond acceptors (Lipinski definition) is 10. The normalized spacial score (nSPS) is 21.2. The molecule has 1 aliphatic heterocycles. The Kier molecular flexibility index (Phi) is 32.8. The lowest BCUT2D eigenvalue weighted by atomic mass is 9.99. The lowest BCUT2D eigenvalue weighted by molar-refractivity contribution is -0.305. The fraction of sp³-hybridized carbons (Fsp3) is 0.733. The number of rotatable bonds is 34. The van der Waals surface area contributed by atoms with Crippen LogP contribution in [0.3, 0.4) is 0 Å². The number of hydrogen-bond donors (Lipinski definition) is 4. The van der Waals surface area contributed by atoms with E-state index in [1.165, 1.54) is 44.9 Å². The van der Waals surface area contributed by atoms with E-state index in [0.717, 1.165) is 70.6 Å². The van der Waals surface area contributed by atoms with E-state index in [9.17, 15) is 30.0 Å². The van der Waals surface area contributed by atoms with Crippen molar-refractivity contribution in [1.29, 1.82) is 0 Å². The Bertz CT molecular complexity index is 1080. The number of unbranched alkanes of at least 4 members (excludes halogenated alkanes) is 13. The van der Waals surface area contributed by atoms with Gasteiger partial charge in [0.1, 0.15) is 31.0 Å². The summed E-state index contributed by atoms with van der Waals surface area (Å²) < 4.78 is 22.1. The van der Waals surface area contributed by atoms with Gasteiger partial charge in [0.2, 0.25) is 0 Å². The Balaban J connectivity index is 2.37. The summed E-state index contributed by atoms with van der Waals surface area (Å²) in [7, 11) is 0. The first-order chi connectivity index (χ1) is 26.8. The number of allylic oxidation sites excluding steroid dienone is 10. The Hall–Kier alpha value is -2.60. The van der Waals surface area contributed by atoms with E-state index in [1.54, 1.807) is 0 Å². The molecule has 316 valence electrons. The van der Waals surface area contributed by atoms with Crippen molar-refractivity contribution in [2.24, 2.45) is 0 Å². The molecule has 10 nitrogen and oxygen atoms in total. The summed E-state index contributed by atoms with van der Waals surface area (Å²) in [5.41, 5.74) is 0. The van der Waals surface area contributed by atoms with Crippen LogP contribution in [0.4, 0.5) is 0 Å². The van der Waals surface area contributed by atoms with Gasteiger partial charge in [-0.15, -0.1) is 0 Å². The maximum atomic E-state index is 12.7. The second-order valence-electron chi connectivity index (χ2n) is 14.4. The molecule has 1 rings (SSSR count). The molecule has 0 aromatic carbocycles. The third-order valence-electron chi connectivity index (χ3n) is 9.39. The molecule has 1 aliphatic rings. The fourth-order valence-electron chi connectivity index (χ4n) is 6.00. The molecule has 0 bridgehead atoms. The van der Waals surface area contributed by atoms with Crippen LogP contribution in [0.2, 0.25) is 0 Å². The molecule has 0 saturated carbocycles. The summed E-state index contributed by atoms with van der Waals surface area (Å²) in [6, 6.07) is 0. The summed E-state index contributed by atoms with van der Waals surface area (Å²) >= 11 is 0. The number of carbonyl (C=O) groups excluding carboxylic acids is 2. The molecule has 0 aromatic heterocycles. The van der Waals surface area contributed by atoms with Crippen LogP contribution in [0.15, 0.2) is 60.8 Å². The van der Waals surface area contributed by atoms with Crippen LogP contribution >= 0.6 is 0 Å². The zero-order valence-corrected chi connectivity index (χ0v) is 34.2. The van der Waals surface area contributed by atoms with Gasteiger partial charge in [-0.3, -0.25) is 9.59 Å². The summed E-state index contributed by atoms with van der Waals surface area (Å²) in [5, 5.41) is 40.0. The molecule has 4 N–H and O–H groups in total. The first-order valence-corrected chi connectivity index (χ1v) is 21.4. The van der Waals surface area contributed by atoms with Crippen LogP contribution in [0.1, 0.15) is 155 Å². The van der Waals surface area contributed by atoms with Crippen molar-refractivity contribution in [2.45, 2.75) is 192 Å². The van der Waals surface area contributed by atoms with Crippen molar-refractivity contribution >= 4 is 11.9 Å². The van der Waals surface area contributed by atoms with Crippen molar-refractivity contribution in [3.8, 4) is 0 Å². The Morgan fingerprint density at radius 3 is 1.64 bits per heavy atom. The molecule has 6 atom stereocenters. The first-order valence-electron chi connectivity index (χ1n) is 21.4. The molecule has 0 radical (unpaired) electrons. The largest absolute Gasteiger partial charge is 0.462 e. The van der Waals surface area contributed by atoms with Crippen molar-refractivity contribution in [2.75, 3.05) is 19.8 Å². The zero-order chi connectivity index (χ0) is 40.2. The van der Waals surface area contributed by atoms with Gasteiger partial charge in [-0.2, -0.15) is 0 Å².